The molecule has 5 nitrogen and oxygen atoms in total. The summed E-state index contributed by atoms with van der Waals surface area (Å²) >= 11 is 6.17. The van der Waals surface area contributed by atoms with Gasteiger partial charge < -0.3 is 5.32 Å². The van der Waals surface area contributed by atoms with Crippen LogP contribution in [0.25, 0.3) is 17.0 Å². The Morgan fingerprint density at radius 1 is 1.04 bits per heavy atom. The van der Waals surface area contributed by atoms with Crippen molar-refractivity contribution in [2.75, 3.05) is 5.32 Å². The van der Waals surface area contributed by atoms with E-state index < -0.39 is 0 Å². The van der Waals surface area contributed by atoms with Crippen LogP contribution < -0.4 is 5.32 Å². The number of rotatable bonds is 3. The van der Waals surface area contributed by atoms with E-state index in [1.807, 2.05) is 22.7 Å². The Bertz CT molecular complexity index is 1010. The molecule has 0 saturated carbocycles. The molecule has 1 aromatic carbocycles. The first-order valence-corrected chi connectivity index (χ1v) is 7.55. The summed E-state index contributed by atoms with van der Waals surface area (Å²) in [5.74, 6) is 0.312. The van der Waals surface area contributed by atoms with Crippen LogP contribution >= 0.6 is 11.6 Å². The van der Waals surface area contributed by atoms with Crippen LogP contribution in [0, 0.1) is 5.82 Å². The fraction of sp³-hybridized carbons (Fsp3) is 0. The zero-order valence-electron chi connectivity index (χ0n) is 12.3. The highest BCUT2D eigenvalue weighted by atomic mass is 35.5. The van der Waals surface area contributed by atoms with E-state index in [0.29, 0.717) is 16.6 Å². The van der Waals surface area contributed by atoms with Gasteiger partial charge in [-0.1, -0.05) is 11.6 Å². The maximum Gasteiger partial charge on any atom is 0.234 e. The SMILES string of the molecule is Fc1ccc(Nc2cc(-c3cnc4ncccn34)cnc2Cl)cc1. The molecule has 0 atom stereocenters. The quantitative estimate of drug-likeness (QED) is 0.564. The summed E-state index contributed by atoms with van der Waals surface area (Å²) in [6, 6.07) is 9.73. The first-order chi connectivity index (χ1) is 11.7. The molecule has 0 unspecified atom stereocenters. The molecule has 3 heterocycles. The van der Waals surface area contributed by atoms with Gasteiger partial charge in [0.2, 0.25) is 5.78 Å². The smallest absolute Gasteiger partial charge is 0.234 e. The number of hydrogen-bond acceptors (Lipinski definition) is 4. The van der Waals surface area contributed by atoms with Gasteiger partial charge in [0.1, 0.15) is 5.82 Å². The summed E-state index contributed by atoms with van der Waals surface area (Å²) in [5, 5.41) is 3.47. The molecule has 0 amide bonds. The maximum atomic E-state index is 13.0. The topological polar surface area (TPSA) is 55.1 Å². The molecule has 0 spiro atoms. The number of aromatic nitrogens is 4. The van der Waals surface area contributed by atoms with E-state index in [-0.39, 0.29) is 5.82 Å². The standard InChI is InChI=1S/C17H11ClFN5/c18-16-14(23-13-4-2-12(19)3-5-13)8-11(9-21-16)15-10-22-17-20-6-1-7-24(15)17/h1-10,23H. The summed E-state index contributed by atoms with van der Waals surface area (Å²) in [4.78, 5) is 12.7. The molecule has 0 aliphatic heterocycles. The normalized spacial score (nSPS) is 10.9. The Morgan fingerprint density at radius 3 is 2.71 bits per heavy atom. The highest BCUT2D eigenvalue weighted by molar-refractivity contribution is 6.32. The molecular formula is C17H11ClFN5. The zero-order valence-corrected chi connectivity index (χ0v) is 13.1. The third-order valence-corrected chi connectivity index (χ3v) is 3.85. The molecule has 0 aliphatic carbocycles. The van der Waals surface area contributed by atoms with E-state index in [1.54, 1.807) is 30.7 Å². The Labute approximate surface area is 141 Å². The first-order valence-electron chi connectivity index (χ1n) is 7.17. The minimum Gasteiger partial charge on any atom is -0.353 e. The van der Waals surface area contributed by atoms with Gasteiger partial charge in [-0.15, -0.1) is 0 Å². The van der Waals surface area contributed by atoms with Crippen molar-refractivity contribution in [1.82, 2.24) is 19.4 Å². The minimum atomic E-state index is -0.295. The average Bonchev–Trinajstić information content (AvgIpc) is 3.03. The van der Waals surface area contributed by atoms with Crippen molar-refractivity contribution in [3.05, 3.63) is 72.2 Å². The highest BCUT2D eigenvalue weighted by Crippen LogP contribution is 2.29. The lowest BCUT2D eigenvalue weighted by Crippen LogP contribution is -1.95. The van der Waals surface area contributed by atoms with Gasteiger partial charge in [0.15, 0.2) is 5.15 Å². The van der Waals surface area contributed by atoms with Gasteiger partial charge in [-0.25, -0.2) is 19.3 Å². The van der Waals surface area contributed by atoms with Crippen molar-refractivity contribution >= 4 is 28.8 Å². The fourth-order valence-corrected chi connectivity index (χ4v) is 2.56. The van der Waals surface area contributed by atoms with Crippen molar-refractivity contribution in [2.24, 2.45) is 0 Å². The molecule has 4 rings (SSSR count). The Balaban J connectivity index is 1.74. The number of nitrogens with zero attached hydrogens (tertiary/aromatic N) is 4. The molecule has 3 aromatic heterocycles. The lowest BCUT2D eigenvalue weighted by atomic mass is 10.2. The van der Waals surface area contributed by atoms with E-state index >= 15 is 0 Å². The van der Waals surface area contributed by atoms with Gasteiger partial charge >= 0.3 is 0 Å². The monoisotopic (exact) mass is 339 g/mol. The molecule has 0 aliphatic rings. The summed E-state index contributed by atoms with van der Waals surface area (Å²) in [5.41, 5.74) is 3.03. The predicted molar refractivity (Wildman–Crippen MR) is 90.9 cm³/mol. The summed E-state index contributed by atoms with van der Waals surface area (Å²) in [6.07, 6.45) is 6.98. The number of pyridine rings is 1. The van der Waals surface area contributed by atoms with E-state index in [0.717, 1.165) is 16.9 Å². The third kappa shape index (κ3) is 2.68. The number of anilines is 2. The molecular weight excluding hydrogens is 329 g/mol. The van der Waals surface area contributed by atoms with E-state index in [2.05, 4.69) is 20.3 Å². The van der Waals surface area contributed by atoms with Crippen LogP contribution in [0.4, 0.5) is 15.8 Å². The maximum absolute atomic E-state index is 13.0. The van der Waals surface area contributed by atoms with E-state index in [1.165, 1.54) is 12.1 Å². The summed E-state index contributed by atoms with van der Waals surface area (Å²) < 4.78 is 14.9. The second-order valence-corrected chi connectivity index (χ2v) is 5.49. The molecule has 118 valence electrons. The number of fused-ring (bicyclic) bond motifs is 1. The van der Waals surface area contributed by atoms with Crippen LogP contribution in [0.1, 0.15) is 0 Å². The number of nitrogens with one attached hydrogen (secondary N) is 1. The van der Waals surface area contributed by atoms with Gasteiger partial charge in [0.25, 0.3) is 0 Å². The van der Waals surface area contributed by atoms with Crippen LogP contribution in [0.5, 0.6) is 0 Å². The highest BCUT2D eigenvalue weighted by Gasteiger charge is 2.10. The second-order valence-electron chi connectivity index (χ2n) is 5.13. The molecule has 0 radical (unpaired) electrons. The largest absolute Gasteiger partial charge is 0.353 e. The average molecular weight is 340 g/mol. The molecule has 0 saturated heterocycles. The predicted octanol–water partition coefficient (Wildman–Crippen LogP) is 4.33. The lowest BCUT2D eigenvalue weighted by molar-refractivity contribution is 0.628. The summed E-state index contributed by atoms with van der Waals surface area (Å²) in [6.45, 7) is 0. The van der Waals surface area contributed by atoms with Gasteiger partial charge in [-0.2, -0.15) is 0 Å². The van der Waals surface area contributed by atoms with Gasteiger partial charge in [0, 0.05) is 29.8 Å². The summed E-state index contributed by atoms with van der Waals surface area (Å²) in [7, 11) is 0. The van der Waals surface area contributed by atoms with Crippen LogP contribution in [0.3, 0.4) is 0 Å². The van der Waals surface area contributed by atoms with Gasteiger partial charge in [0.05, 0.1) is 17.6 Å². The van der Waals surface area contributed by atoms with Crippen LogP contribution in [0.15, 0.2) is 61.2 Å². The third-order valence-electron chi connectivity index (χ3n) is 3.55. The molecule has 24 heavy (non-hydrogen) atoms. The number of imidazole rings is 1. The van der Waals surface area contributed by atoms with Crippen LogP contribution in [0.2, 0.25) is 5.15 Å². The number of hydrogen-bond donors (Lipinski definition) is 1. The van der Waals surface area contributed by atoms with Crippen molar-refractivity contribution in [3.63, 3.8) is 0 Å². The molecule has 0 fully saturated rings. The van der Waals surface area contributed by atoms with Crippen molar-refractivity contribution < 1.29 is 4.39 Å². The molecule has 0 bridgehead atoms. The van der Waals surface area contributed by atoms with Gasteiger partial charge in [-0.3, -0.25) is 4.40 Å². The van der Waals surface area contributed by atoms with Crippen molar-refractivity contribution in [2.45, 2.75) is 0 Å². The lowest BCUT2D eigenvalue weighted by Gasteiger charge is -2.10. The minimum absolute atomic E-state index is 0.295. The van der Waals surface area contributed by atoms with Crippen molar-refractivity contribution in [1.29, 1.82) is 0 Å². The van der Waals surface area contributed by atoms with Crippen molar-refractivity contribution in [3.8, 4) is 11.3 Å². The molecule has 1 N–H and O–H groups in total. The molecule has 4 aromatic rings. The Morgan fingerprint density at radius 2 is 1.88 bits per heavy atom. The fourth-order valence-electron chi connectivity index (χ4n) is 2.41. The number of benzene rings is 1. The first kappa shape index (κ1) is 14.6. The Kier molecular flexibility index (Phi) is 3.59. The Hall–Kier alpha value is -2.99. The second kappa shape index (κ2) is 5.90. The van der Waals surface area contributed by atoms with E-state index in [9.17, 15) is 4.39 Å². The van der Waals surface area contributed by atoms with Gasteiger partial charge in [-0.05, 0) is 36.4 Å². The molecule has 7 heteroatoms. The number of halogens is 2. The van der Waals surface area contributed by atoms with Crippen LogP contribution in [-0.2, 0) is 0 Å². The zero-order chi connectivity index (χ0) is 16.5. The van der Waals surface area contributed by atoms with E-state index in [4.69, 9.17) is 11.6 Å². The van der Waals surface area contributed by atoms with Crippen LogP contribution in [-0.4, -0.2) is 19.4 Å².